The van der Waals surface area contributed by atoms with E-state index >= 15 is 0 Å². The van der Waals surface area contributed by atoms with Crippen LogP contribution in [-0.2, 0) is 0 Å². The summed E-state index contributed by atoms with van der Waals surface area (Å²) in [6, 6.07) is 2.79. The van der Waals surface area contributed by atoms with Crippen molar-refractivity contribution in [3.8, 4) is 0 Å². The number of halogens is 1. The van der Waals surface area contributed by atoms with Crippen molar-refractivity contribution in [3.63, 3.8) is 0 Å². The molecule has 0 amide bonds. The van der Waals surface area contributed by atoms with Gasteiger partial charge in [0, 0.05) is 36.0 Å². The van der Waals surface area contributed by atoms with Crippen LogP contribution in [0.3, 0.4) is 0 Å². The summed E-state index contributed by atoms with van der Waals surface area (Å²) in [5.74, 6) is 0. The van der Waals surface area contributed by atoms with Crippen molar-refractivity contribution in [1.82, 2.24) is 4.98 Å². The zero-order valence-electron chi connectivity index (χ0n) is 9.82. The highest BCUT2D eigenvalue weighted by Gasteiger charge is 2.21. The Bertz CT molecular complexity index is 340. The summed E-state index contributed by atoms with van der Waals surface area (Å²) < 4.78 is 0. The normalized spacial score (nSPS) is 21.9. The van der Waals surface area contributed by atoms with Gasteiger partial charge in [0.25, 0.3) is 0 Å². The molecule has 1 aliphatic heterocycles. The summed E-state index contributed by atoms with van der Waals surface area (Å²) in [6.07, 6.45) is 9.20. The van der Waals surface area contributed by atoms with E-state index in [1.165, 1.54) is 43.5 Å². The average Bonchev–Trinajstić information content (AvgIpc) is 2.54. The summed E-state index contributed by atoms with van der Waals surface area (Å²) in [5.41, 5.74) is 2.65. The summed E-state index contributed by atoms with van der Waals surface area (Å²) >= 11 is 3.65. The summed E-state index contributed by atoms with van der Waals surface area (Å²) in [4.78, 5) is 6.73. The number of nitrogens with zero attached hydrogens (tertiary/aromatic N) is 2. The molecule has 0 radical (unpaired) electrons. The van der Waals surface area contributed by atoms with Crippen LogP contribution in [0.1, 0.15) is 31.2 Å². The Morgan fingerprint density at radius 2 is 2.31 bits per heavy atom. The molecule has 2 rings (SSSR count). The van der Waals surface area contributed by atoms with E-state index in [9.17, 15) is 0 Å². The molecule has 0 bridgehead atoms. The Hall–Kier alpha value is -0.570. The van der Waals surface area contributed by atoms with E-state index < -0.39 is 0 Å². The standard InChI is InChI=1S/C13H19BrN2/c1-11-10-15-7-6-13(11)16-8-4-2-3-5-12(16)9-14/h6-7,10,12H,2-5,8-9H2,1H3. The quantitative estimate of drug-likeness (QED) is 0.772. The SMILES string of the molecule is Cc1cnccc1N1CCCCCC1CBr. The minimum Gasteiger partial charge on any atom is -0.367 e. The van der Waals surface area contributed by atoms with E-state index in [1.807, 2.05) is 12.4 Å². The topological polar surface area (TPSA) is 16.1 Å². The fraction of sp³-hybridized carbons (Fsp3) is 0.615. The molecule has 0 spiro atoms. The number of hydrogen-bond acceptors (Lipinski definition) is 2. The predicted octanol–water partition coefficient (Wildman–Crippen LogP) is 3.53. The molecular weight excluding hydrogens is 264 g/mol. The minimum atomic E-state index is 0.642. The second-order valence-corrected chi connectivity index (χ2v) is 5.16. The molecule has 2 nitrogen and oxygen atoms in total. The van der Waals surface area contributed by atoms with Gasteiger partial charge in [0.1, 0.15) is 0 Å². The maximum Gasteiger partial charge on any atom is 0.0429 e. The summed E-state index contributed by atoms with van der Waals surface area (Å²) in [5, 5.41) is 1.06. The lowest BCUT2D eigenvalue weighted by Crippen LogP contribution is -2.36. The zero-order chi connectivity index (χ0) is 11.4. The van der Waals surface area contributed by atoms with E-state index in [-0.39, 0.29) is 0 Å². The third-order valence-corrected chi connectivity index (χ3v) is 4.10. The van der Waals surface area contributed by atoms with Crippen LogP contribution in [0.2, 0.25) is 0 Å². The van der Waals surface area contributed by atoms with Crippen LogP contribution in [0.5, 0.6) is 0 Å². The van der Waals surface area contributed by atoms with Gasteiger partial charge in [-0.2, -0.15) is 0 Å². The number of hydrogen-bond donors (Lipinski definition) is 0. The molecule has 1 fully saturated rings. The van der Waals surface area contributed by atoms with Gasteiger partial charge < -0.3 is 4.90 Å². The third kappa shape index (κ3) is 2.57. The number of aromatic nitrogens is 1. The number of rotatable bonds is 2. The van der Waals surface area contributed by atoms with Crippen molar-refractivity contribution < 1.29 is 0 Å². The van der Waals surface area contributed by atoms with Crippen LogP contribution < -0.4 is 4.90 Å². The van der Waals surface area contributed by atoms with Gasteiger partial charge >= 0.3 is 0 Å². The first-order valence-corrected chi connectivity index (χ1v) is 7.18. The van der Waals surface area contributed by atoms with Gasteiger partial charge in [-0.3, -0.25) is 4.98 Å². The summed E-state index contributed by atoms with van der Waals surface area (Å²) in [7, 11) is 0. The Morgan fingerprint density at radius 3 is 3.06 bits per heavy atom. The molecule has 0 saturated carbocycles. The Balaban J connectivity index is 2.25. The van der Waals surface area contributed by atoms with E-state index in [4.69, 9.17) is 0 Å². The van der Waals surface area contributed by atoms with Crippen molar-refractivity contribution in [3.05, 3.63) is 24.0 Å². The first-order chi connectivity index (χ1) is 7.83. The van der Waals surface area contributed by atoms with Crippen molar-refractivity contribution in [2.75, 3.05) is 16.8 Å². The molecule has 0 aromatic carbocycles. The minimum absolute atomic E-state index is 0.642. The monoisotopic (exact) mass is 282 g/mol. The number of pyridine rings is 1. The van der Waals surface area contributed by atoms with E-state index in [0.29, 0.717) is 6.04 Å². The van der Waals surface area contributed by atoms with Crippen molar-refractivity contribution >= 4 is 21.6 Å². The molecule has 2 heterocycles. The average molecular weight is 283 g/mol. The largest absolute Gasteiger partial charge is 0.367 e. The zero-order valence-corrected chi connectivity index (χ0v) is 11.4. The second kappa shape index (κ2) is 5.67. The molecule has 3 heteroatoms. The van der Waals surface area contributed by atoms with Gasteiger partial charge in [0.15, 0.2) is 0 Å². The molecule has 16 heavy (non-hydrogen) atoms. The van der Waals surface area contributed by atoms with E-state index in [1.54, 1.807) is 0 Å². The van der Waals surface area contributed by atoms with Crippen molar-refractivity contribution in [1.29, 1.82) is 0 Å². The Morgan fingerprint density at radius 1 is 1.44 bits per heavy atom. The van der Waals surface area contributed by atoms with Crippen molar-refractivity contribution in [2.45, 2.75) is 38.6 Å². The lowest BCUT2D eigenvalue weighted by molar-refractivity contribution is 0.625. The van der Waals surface area contributed by atoms with Gasteiger partial charge in [0.05, 0.1) is 0 Å². The first-order valence-electron chi connectivity index (χ1n) is 6.06. The van der Waals surface area contributed by atoms with Gasteiger partial charge in [0.2, 0.25) is 0 Å². The maximum absolute atomic E-state index is 4.18. The van der Waals surface area contributed by atoms with E-state index in [0.717, 1.165) is 5.33 Å². The Labute approximate surface area is 106 Å². The maximum atomic E-state index is 4.18. The molecule has 1 aromatic rings. The third-order valence-electron chi connectivity index (χ3n) is 3.36. The number of alkyl halides is 1. The lowest BCUT2D eigenvalue weighted by atomic mass is 10.1. The van der Waals surface area contributed by atoms with Crippen LogP contribution in [0.25, 0.3) is 0 Å². The van der Waals surface area contributed by atoms with Crippen LogP contribution in [0.4, 0.5) is 5.69 Å². The molecular formula is C13H19BrN2. The van der Waals surface area contributed by atoms with Gasteiger partial charge in [-0.1, -0.05) is 28.8 Å². The molecule has 1 saturated heterocycles. The number of aryl methyl sites for hydroxylation is 1. The smallest absolute Gasteiger partial charge is 0.0429 e. The van der Waals surface area contributed by atoms with Gasteiger partial charge in [-0.25, -0.2) is 0 Å². The molecule has 0 aliphatic carbocycles. The van der Waals surface area contributed by atoms with Crippen molar-refractivity contribution in [2.24, 2.45) is 0 Å². The predicted molar refractivity (Wildman–Crippen MR) is 72.4 cm³/mol. The van der Waals surface area contributed by atoms with Crippen LogP contribution in [0.15, 0.2) is 18.5 Å². The van der Waals surface area contributed by atoms with Gasteiger partial charge in [-0.05, 0) is 31.4 Å². The fourth-order valence-corrected chi connectivity index (χ4v) is 3.12. The number of anilines is 1. The van der Waals surface area contributed by atoms with E-state index in [2.05, 4.69) is 38.8 Å². The highest BCUT2D eigenvalue weighted by Crippen LogP contribution is 2.27. The molecule has 1 unspecified atom stereocenters. The second-order valence-electron chi connectivity index (χ2n) is 4.51. The molecule has 0 N–H and O–H groups in total. The highest BCUT2D eigenvalue weighted by atomic mass is 79.9. The van der Waals surface area contributed by atoms with Crippen LogP contribution >= 0.6 is 15.9 Å². The molecule has 1 atom stereocenters. The Kier molecular flexibility index (Phi) is 4.22. The highest BCUT2D eigenvalue weighted by molar-refractivity contribution is 9.09. The lowest BCUT2D eigenvalue weighted by Gasteiger charge is -2.32. The molecule has 1 aliphatic rings. The van der Waals surface area contributed by atoms with Crippen LogP contribution in [-0.4, -0.2) is 22.9 Å². The molecule has 88 valence electrons. The van der Waals surface area contributed by atoms with Gasteiger partial charge in [-0.15, -0.1) is 0 Å². The molecule has 1 aromatic heterocycles. The fourth-order valence-electron chi connectivity index (χ4n) is 2.44. The van der Waals surface area contributed by atoms with Crippen LogP contribution in [0, 0.1) is 6.92 Å². The summed E-state index contributed by atoms with van der Waals surface area (Å²) in [6.45, 7) is 3.33. The first kappa shape index (κ1) is 11.9.